The first-order valence-corrected chi connectivity index (χ1v) is 6.59. The van der Waals surface area contributed by atoms with Gasteiger partial charge < -0.3 is 20.7 Å². The third-order valence-electron chi connectivity index (χ3n) is 3.09. The smallest absolute Gasteiger partial charge is 0.243 e. The van der Waals surface area contributed by atoms with Gasteiger partial charge in [0.2, 0.25) is 5.91 Å². The largest absolute Gasteiger partial charge is 0.497 e. The molecule has 0 aliphatic rings. The van der Waals surface area contributed by atoms with E-state index >= 15 is 0 Å². The summed E-state index contributed by atoms with van der Waals surface area (Å²) in [5.74, 6) is 0.705. The van der Waals surface area contributed by atoms with Gasteiger partial charge in [0.15, 0.2) is 0 Å². The van der Waals surface area contributed by atoms with Gasteiger partial charge in [-0.2, -0.15) is 0 Å². The van der Waals surface area contributed by atoms with Gasteiger partial charge in [-0.25, -0.2) is 0 Å². The Morgan fingerprint density at radius 2 is 1.76 bits per heavy atom. The molecule has 0 aromatic heterocycles. The summed E-state index contributed by atoms with van der Waals surface area (Å²) in [6.45, 7) is 0.261. The van der Waals surface area contributed by atoms with E-state index in [2.05, 4.69) is 5.32 Å². The van der Waals surface area contributed by atoms with Crippen molar-refractivity contribution in [3.05, 3.63) is 48.5 Å². The van der Waals surface area contributed by atoms with Crippen molar-refractivity contribution in [1.82, 2.24) is 0 Å². The van der Waals surface area contributed by atoms with Gasteiger partial charge in [0.05, 0.1) is 13.7 Å². The normalized spacial score (nSPS) is 10.0. The Kier molecular flexibility index (Phi) is 4.66. The molecule has 0 fully saturated rings. The van der Waals surface area contributed by atoms with Crippen LogP contribution in [0.4, 0.5) is 17.1 Å². The van der Waals surface area contributed by atoms with Crippen LogP contribution in [0.25, 0.3) is 0 Å². The second-order valence-electron chi connectivity index (χ2n) is 4.72. The van der Waals surface area contributed by atoms with Gasteiger partial charge in [-0.05, 0) is 48.5 Å². The zero-order valence-electron chi connectivity index (χ0n) is 12.2. The van der Waals surface area contributed by atoms with E-state index in [-0.39, 0.29) is 12.5 Å². The predicted octanol–water partition coefficient (Wildman–Crippen LogP) is 2.35. The van der Waals surface area contributed by atoms with Crippen LogP contribution in [0.15, 0.2) is 48.5 Å². The van der Waals surface area contributed by atoms with Crippen LogP contribution in [0.3, 0.4) is 0 Å². The molecule has 21 heavy (non-hydrogen) atoms. The highest BCUT2D eigenvalue weighted by molar-refractivity contribution is 5.94. The Morgan fingerprint density at radius 3 is 2.33 bits per heavy atom. The number of amides is 1. The van der Waals surface area contributed by atoms with Crippen LogP contribution in [-0.4, -0.2) is 26.6 Å². The lowest BCUT2D eigenvalue weighted by Gasteiger charge is -2.19. The summed E-state index contributed by atoms with van der Waals surface area (Å²) in [7, 11) is 3.49. The molecule has 0 heterocycles. The fourth-order valence-electron chi connectivity index (χ4n) is 1.91. The Hall–Kier alpha value is -2.69. The first-order valence-electron chi connectivity index (χ1n) is 6.59. The number of nitrogens with one attached hydrogen (secondary N) is 1. The monoisotopic (exact) mass is 285 g/mol. The van der Waals surface area contributed by atoms with Gasteiger partial charge in [-0.1, -0.05) is 0 Å². The lowest BCUT2D eigenvalue weighted by molar-refractivity contribution is -0.114. The van der Waals surface area contributed by atoms with Crippen molar-refractivity contribution in [3.63, 3.8) is 0 Å². The number of benzene rings is 2. The minimum atomic E-state index is -0.0851. The maximum Gasteiger partial charge on any atom is 0.243 e. The average Bonchev–Trinajstić information content (AvgIpc) is 2.49. The molecule has 0 unspecified atom stereocenters. The Bertz CT molecular complexity index is 594. The van der Waals surface area contributed by atoms with Crippen molar-refractivity contribution in [2.24, 2.45) is 0 Å². The van der Waals surface area contributed by atoms with Crippen LogP contribution in [0, 0.1) is 0 Å². The van der Waals surface area contributed by atoms with Crippen molar-refractivity contribution in [3.8, 4) is 5.75 Å². The molecule has 2 aromatic rings. The zero-order valence-corrected chi connectivity index (χ0v) is 12.2. The third kappa shape index (κ3) is 4.14. The van der Waals surface area contributed by atoms with Gasteiger partial charge in [0.25, 0.3) is 0 Å². The number of anilines is 3. The van der Waals surface area contributed by atoms with Crippen molar-refractivity contribution in [2.75, 3.05) is 36.7 Å². The van der Waals surface area contributed by atoms with Crippen LogP contribution in [-0.2, 0) is 4.79 Å². The number of hydrogen-bond donors (Lipinski definition) is 2. The number of nitrogens with zero attached hydrogens (tertiary/aromatic N) is 1. The molecule has 0 aliphatic heterocycles. The summed E-state index contributed by atoms with van der Waals surface area (Å²) in [4.78, 5) is 13.9. The van der Waals surface area contributed by atoms with Crippen LogP contribution in [0.5, 0.6) is 5.75 Å². The molecule has 2 aromatic carbocycles. The SMILES string of the molecule is COc1ccc(N(C)CC(=O)Nc2ccc(N)cc2)cc1. The van der Waals surface area contributed by atoms with E-state index in [0.29, 0.717) is 5.69 Å². The summed E-state index contributed by atoms with van der Waals surface area (Å²) < 4.78 is 5.11. The number of likely N-dealkylation sites (N-methyl/N-ethyl adjacent to an activating group) is 1. The molecule has 0 saturated heterocycles. The van der Waals surface area contributed by atoms with Gasteiger partial charge >= 0.3 is 0 Å². The number of rotatable bonds is 5. The van der Waals surface area contributed by atoms with E-state index in [1.54, 1.807) is 31.4 Å². The summed E-state index contributed by atoms with van der Waals surface area (Å²) in [6, 6.07) is 14.6. The lowest BCUT2D eigenvalue weighted by Crippen LogP contribution is -2.29. The predicted molar refractivity (Wildman–Crippen MR) is 85.7 cm³/mol. The Morgan fingerprint density at radius 1 is 1.14 bits per heavy atom. The Balaban J connectivity index is 1.93. The maximum absolute atomic E-state index is 12.0. The molecule has 2 rings (SSSR count). The van der Waals surface area contributed by atoms with E-state index in [9.17, 15) is 4.79 Å². The zero-order chi connectivity index (χ0) is 15.2. The third-order valence-corrected chi connectivity index (χ3v) is 3.09. The molecule has 0 spiro atoms. The summed E-state index contributed by atoms with van der Waals surface area (Å²) in [6.07, 6.45) is 0. The standard InChI is InChI=1S/C16H19N3O2/c1-19(14-7-9-15(21-2)10-8-14)11-16(20)18-13-5-3-12(17)4-6-13/h3-10H,11,17H2,1-2H3,(H,18,20). The highest BCUT2D eigenvalue weighted by Crippen LogP contribution is 2.18. The lowest BCUT2D eigenvalue weighted by atomic mass is 10.2. The van der Waals surface area contributed by atoms with Crippen molar-refractivity contribution in [2.45, 2.75) is 0 Å². The van der Waals surface area contributed by atoms with Crippen LogP contribution in [0.2, 0.25) is 0 Å². The van der Waals surface area contributed by atoms with E-state index in [4.69, 9.17) is 10.5 Å². The molecular formula is C16H19N3O2. The van der Waals surface area contributed by atoms with Gasteiger partial charge in [-0.3, -0.25) is 4.79 Å². The molecule has 5 nitrogen and oxygen atoms in total. The number of carbonyl (C=O) groups excluding carboxylic acids is 1. The van der Waals surface area contributed by atoms with Crippen molar-refractivity contribution >= 4 is 23.0 Å². The van der Waals surface area contributed by atoms with Crippen molar-refractivity contribution in [1.29, 1.82) is 0 Å². The minimum absolute atomic E-state index is 0.0851. The van der Waals surface area contributed by atoms with E-state index in [1.165, 1.54) is 0 Å². The molecule has 5 heteroatoms. The topological polar surface area (TPSA) is 67.6 Å². The second kappa shape index (κ2) is 6.65. The quantitative estimate of drug-likeness (QED) is 0.828. The molecule has 0 atom stereocenters. The highest BCUT2D eigenvalue weighted by Gasteiger charge is 2.08. The Labute approximate surface area is 124 Å². The fraction of sp³-hybridized carbons (Fsp3) is 0.188. The number of nitrogens with two attached hydrogens (primary N) is 1. The van der Waals surface area contributed by atoms with E-state index in [0.717, 1.165) is 17.1 Å². The number of hydrogen-bond acceptors (Lipinski definition) is 4. The summed E-state index contributed by atoms with van der Waals surface area (Å²) >= 11 is 0. The molecule has 0 saturated carbocycles. The molecule has 0 bridgehead atoms. The average molecular weight is 285 g/mol. The highest BCUT2D eigenvalue weighted by atomic mass is 16.5. The summed E-state index contributed by atoms with van der Waals surface area (Å²) in [5.41, 5.74) is 7.96. The second-order valence-corrected chi connectivity index (χ2v) is 4.72. The molecule has 3 N–H and O–H groups in total. The maximum atomic E-state index is 12.0. The number of nitrogen functional groups attached to an aromatic ring is 1. The van der Waals surface area contributed by atoms with Crippen LogP contribution in [0.1, 0.15) is 0 Å². The fourth-order valence-corrected chi connectivity index (χ4v) is 1.91. The minimum Gasteiger partial charge on any atom is -0.497 e. The summed E-state index contributed by atoms with van der Waals surface area (Å²) in [5, 5.41) is 2.83. The van der Waals surface area contributed by atoms with Crippen molar-refractivity contribution < 1.29 is 9.53 Å². The molecule has 110 valence electrons. The number of methoxy groups -OCH3 is 1. The van der Waals surface area contributed by atoms with Crippen LogP contribution >= 0.6 is 0 Å². The van der Waals surface area contributed by atoms with Gasteiger partial charge in [0.1, 0.15) is 5.75 Å². The molecule has 1 amide bonds. The first kappa shape index (κ1) is 14.7. The molecule has 0 radical (unpaired) electrons. The van der Waals surface area contributed by atoms with E-state index in [1.807, 2.05) is 36.2 Å². The number of ether oxygens (including phenoxy) is 1. The number of carbonyl (C=O) groups is 1. The first-order chi connectivity index (χ1) is 10.1. The van der Waals surface area contributed by atoms with Gasteiger partial charge in [0, 0.05) is 24.1 Å². The molecular weight excluding hydrogens is 266 g/mol. The molecule has 0 aliphatic carbocycles. The van der Waals surface area contributed by atoms with Gasteiger partial charge in [-0.15, -0.1) is 0 Å². The van der Waals surface area contributed by atoms with Crippen LogP contribution < -0.4 is 20.7 Å². The van der Waals surface area contributed by atoms with E-state index < -0.39 is 0 Å².